The van der Waals surface area contributed by atoms with Gasteiger partial charge in [-0.1, -0.05) is 24.6 Å². The number of fused-ring (bicyclic) bond motifs is 3. The van der Waals surface area contributed by atoms with E-state index in [1.807, 2.05) is 30.3 Å². The fraction of sp³-hybridized carbons (Fsp3) is 0.174. The zero-order chi connectivity index (χ0) is 20.8. The van der Waals surface area contributed by atoms with Crippen LogP contribution in [0.2, 0.25) is 0 Å². The quantitative estimate of drug-likeness (QED) is 0.390. The van der Waals surface area contributed by atoms with Gasteiger partial charge in [-0.15, -0.1) is 0 Å². The molecular formula is C23H16O6S. The maximum absolute atomic E-state index is 12.8. The molecule has 7 heteroatoms. The normalized spacial score (nSPS) is 13.5. The van der Waals surface area contributed by atoms with Crippen LogP contribution in [0.1, 0.15) is 21.5 Å². The largest absolute Gasteiger partial charge is 0.493 e. The maximum Gasteiger partial charge on any atom is 0.339 e. The average Bonchev–Trinajstić information content (AvgIpc) is 3.39. The van der Waals surface area contributed by atoms with Crippen LogP contribution < -0.4 is 18.9 Å². The van der Waals surface area contributed by atoms with Crippen molar-refractivity contribution in [2.24, 2.45) is 0 Å². The molecule has 0 spiro atoms. The van der Waals surface area contributed by atoms with Gasteiger partial charge in [0.25, 0.3) is 0 Å². The van der Waals surface area contributed by atoms with Crippen LogP contribution in [0.3, 0.4) is 0 Å². The molecule has 3 aromatic rings. The van der Waals surface area contributed by atoms with E-state index >= 15 is 0 Å². The molecule has 0 saturated carbocycles. The molecule has 2 aliphatic rings. The number of esters is 1. The molecule has 0 aromatic heterocycles. The number of cyclic esters (lactones) is 1. The topological polar surface area (TPSA) is 63.2 Å². The third kappa shape index (κ3) is 2.65. The molecule has 0 saturated heterocycles. The molecule has 5 rings (SSSR count). The summed E-state index contributed by atoms with van der Waals surface area (Å²) in [7, 11) is 3.15. The summed E-state index contributed by atoms with van der Waals surface area (Å²) in [6, 6.07) is 9.31. The zero-order valence-corrected chi connectivity index (χ0v) is 17.1. The highest BCUT2D eigenvalue weighted by Gasteiger charge is 2.32. The lowest BCUT2D eigenvalue weighted by atomic mass is 9.86. The fourth-order valence-electron chi connectivity index (χ4n) is 4.00. The molecule has 6 nitrogen and oxygen atoms in total. The SMILES string of the molecule is COc1cc2c(C#CS)c3c(c(-c4ccc5c(c4)OCO5)c2cc1OC)C(=O)OC3. The Labute approximate surface area is 178 Å². The Morgan fingerprint density at radius 3 is 2.40 bits per heavy atom. The van der Waals surface area contributed by atoms with Gasteiger partial charge < -0.3 is 23.7 Å². The minimum absolute atomic E-state index is 0.147. The third-order valence-electron chi connectivity index (χ3n) is 5.31. The van der Waals surface area contributed by atoms with E-state index < -0.39 is 5.97 Å². The Morgan fingerprint density at radius 1 is 0.933 bits per heavy atom. The van der Waals surface area contributed by atoms with Crippen LogP contribution in [0.5, 0.6) is 23.0 Å². The van der Waals surface area contributed by atoms with Gasteiger partial charge in [-0.2, -0.15) is 0 Å². The molecule has 0 unspecified atom stereocenters. The average molecular weight is 420 g/mol. The number of rotatable bonds is 3. The second kappa shape index (κ2) is 7.08. The van der Waals surface area contributed by atoms with Crippen LogP contribution in [-0.2, 0) is 11.3 Å². The molecule has 2 heterocycles. The molecular weight excluding hydrogens is 404 g/mol. The summed E-state index contributed by atoms with van der Waals surface area (Å²) in [5.74, 6) is 5.03. The predicted molar refractivity (Wildman–Crippen MR) is 114 cm³/mol. The molecule has 30 heavy (non-hydrogen) atoms. The van der Waals surface area contributed by atoms with E-state index in [1.54, 1.807) is 14.2 Å². The first-order chi connectivity index (χ1) is 14.7. The smallest absolute Gasteiger partial charge is 0.339 e. The van der Waals surface area contributed by atoms with E-state index in [-0.39, 0.29) is 13.4 Å². The standard InChI is InChI=1S/C23H16O6S/c1-25-18-8-14-13(5-6-30)16-10-27-23(24)22(16)21(15(14)9-19(18)26-2)12-3-4-17-20(7-12)29-11-28-17/h3-4,7-9,30H,10-11H2,1-2H3. The highest BCUT2D eigenvalue weighted by molar-refractivity contribution is 7.85. The Morgan fingerprint density at radius 2 is 1.67 bits per heavy atom. The van der Waals surface area contributed by atoms with Crippen LogP contribution in [0, 0.1) is 11.2 Å². The predicted octanol–water partition coefficient (Wildman–Crippen LogP) is 4.16. The lowest BCUT2D eigenvalue weighted by Crippen LogP contribution is -2.02. The van der Waals surface area contributed by atoms with Gasteiger partial charge in [-0.25, -0.2) is 4.79 Å². The summed E-state index contributed by atoms with van der Waals surface area (Å²) in [6.45, 7) is 0.314. The van der Waals surface area contributed by atoms with Crippen LogP contribution in [-0.4, -0.2) is 27.0 Å². The first kappa shape index (κ1) is 18.5. The first-order valence-corrected chi connectivity index (χ1v) is 9.57. The van der Waals surface area contributed by atoms with E-state index in [0.29, 0.717) is 34.1 Å². The van der Waals surface area contributed by atoms with Gasteiger partial charge in [0.1, 0.15) is 6.61 Å². The summed E-state index contributed by atoms with van der Waals surface area (Å²) in [5.41, 5.74) is 3.43. The molecule has 0 amide bonds. The van der Waals surface area contributed by atoms with Crippen LogP contribution in [0.15, 0.2) is 30.3 Å². The van der Waals surface area contributed by atoms with E-state index in [4.69, 9.17) is 23.7 Å². The van der Waals surface area contributed by atoms with Crippen LogP contribution in [0.25, 0.3) is 21.9 Å². The number of ether oxygens (including phenoxy) is 5. The van der Waals surface area contributed by atoms with Gasteiger partial charge in [-0.05, 0) is 40.5 Å². The summed E-state index contributed by atoms with van der Waals surface area (Å²) in [5, 5.41) is 4.25. The minimum atomic E-state index is -0.392. The van der Waals surface area contributed by atoms with Gasteiger partial charge >= 0.3 is 5.97 Å². The Bertz CT molecular complexity index is 1280. The van der Waals surface area contributed by atoms with E-state index in [2.05, 4.69) is 23.8 Å². The number of methoxy groups -OCH3 is 2. The second-order valence-electron chi connectivity index (χ2n) is 6.74. The van der Waals surface area contributed by atoms with Crippen molar-refractivity contribution in [3.8, 4) is 45.3 Å². The molecule has 0 bridgehead atoms. The number of carbonyl (C=O) groups excluding carboxylic acids is 1. The van der Waals surface area contributed by atoms with Gasteiger partial charge in [0, 0.05) is 22.1 Å². The number of hydrogen-bond acceptors (Lipinski definition) is 7. The van der Waals surface area contributed by atoms with Crippen LogP contribution in [0.4, 0.5) is 0 Å². The Hall–Kier alpha value is -3.50. The Balaban J connectivity index is 1.94. The maximum atomic E-state index is 12.8. The summed E-state index contributed by atoms with van der Waals surface area (Å²) in [6.07, 6.45) is 0. The van der Waals surface area contributed by atoms with Crippen molar-refractivity contribution < 1.29 is 28.5 Å². The molecule has 0 fully saturated rings. The lowest BCUT2D eigenvalue weighted by Gasteiger charge is -2.17. The van der Waals surface area contributed by atoms with Gasteiger partial charge in [0.05, 0.1) is 19.8 Å². The van der Waals surface area contributed by atoms with Crippen molar-refractivity contribution >= 4 is 29.4 Å². The first-order valence-electron chi connectivity index (χ1n) is 9.13. The van der Waals surface area contributed by atoms with E-state index in [1.165, 1.54) is 0 Å². The van der Waals surface area contributed by atoms with Crippen molar-refractivity contribution in [1.82, 2.24) is 0 Å². The number of benzene rings is 3. The molecule has 0 atom stereocenters. The van der Waals surface area contributed by atoms with E-state index in [0.717, 1.165) is 27.5 Å². The number of hydrogen-bond donors (Lipinski definition) is 1. The molecule has 3 aromatic carbocycles. The zero-order valence-electron chi connectivity index (χ0n) is 16.2. The second-order valence-corrected chi connectivity index (χ2v) is 6.96. The summed E-state index contributed by atoms with van der Waals surface area (Å²) in [4.78, 5) is 12.8. The van der Waals surface area contributed by atoms with Gasteiger partial charge in [-0.3, -0.25) is 0 Å². The number of thiol groups is 1. The van der Waals surface area contributed by atoms with Gasteiger partial charge in [0.15, 0.2) is 23.0 Å². The highest BCUT2D eigenvalue weighted by atomic mass is 32.1. The summed E-state index contributed by atoms with van der Waals surface area (Å²) >= 11 is 4.08. The minimum Gasteiger partial charge on any atom is -0.493 e. The molecule has 0 radical (unpaired) electrons. The van der Waals surface area contributed by atoms with Crippen molar-refractivity contribution in [2.45, 2.75) is 6.61 Å². The fourth-order valence-corrected chi connectivity index (χ4v) is 4.11. The number of carbonyl (C=O) groups is 1. The molecule has 2 aliphatic heterocycles. The van der Waals surface area contributed by atoms with Crippen molar-refractivity contribution in [3.05, 3.63) is 47.0 Å². The summed E-state index contributed by atoms with van der Waals surface area (Å²) < 4.78 is 27.4. The third-order valence-corrected chi connectivity index (χ3v) is 5.42. The van der Waals surface area contributed by atoms with Crippen molar-refractivity contribution in [2.75, 3.05) is 21.0 Å². The molecule has 0 aliphatic carbocycles. The van der Waals surface area contributed by atoms with Crippen LogP contribution >= 0.6 is 12.6 Å². The van der Waals surface area contributed by atoms with Gasteiger partial charge in [0.2, 0.25) is 6.79 Å². The monoisotopic (exact) mass is 420 g/mol. The Kier molecular flexibility index (Phi) is 4.37. The van der Waals surface area contributed by atoms with Crippen molar-refractivity contribution in [1.29, 1.82) is 0 Å². The van der Waals surface area contributed by atoms with E-state index in [9.17, 15) is 4.79 Å². The van der Waals surface area contributed by atoms with Crippen molar-refractivity contribution in [3.63, 3.8) is 0 Å². The molecule has 0 N–H and O–H groups in total. The molecule has 150 valence electrons. The highest BCUT2D eigenvalue weighted by Crippen LogP contribution is 2.46. The lowest BCUT2D eigenvalue weighted by molar-refractivity contribution is 0.0535.